The van der Waals surface area contributed by atoms with E-state index in [4.69, 9.17) is 0 Å². The zero-order chi connectivity index (χ0) is 58.3. The maximum Gasteiger partial charge on any atom is 0.0792 e. The van der Waals surface area contributed by atoms with E-state index in [9.17, 15) is 0 Å². The molecular formula is C74H76S10. The fourth-order valence-electron chi connectivity index (χ4n) is 9.50. The molecule has 0 atom stereocenters. The molecule has 0 fully saturated rings. The summed E-state index contributed by atoms with van der Waals surface area (Å²) in [6, 6.07) is 40.2. The van der Waals surface area contributed by atoms with Crippen LogP contribution >= 0.6 is 113 Å². The van der Waals surface area contributed by atoms with Crippen molar-refractivity contribution in [3.05, 3.63) is 179 Å². The largest absolute Gasteiger partial charge is 0.146 e. The van der Waals surface area contributed by atoms with Crippen LogP contribution < -0.4 is 0 Å². The Labute approximate surface area is 543 Å². The van der Waals surface area contributed by atoms with Crippen molar-refractivity contribution in [1.29, 1.82) is 0 Å². The van der Waals surface area contributed by atoms with Gasteiger partial charge >= 0.3 is 0 Å². The van der Waals surface area contributed by atoms with Gasteiger partial charge in [0, 0.05) is 69.7 Å². The second kappa shape index (κ2) is 34.0. The number of aryl methyl sites for hydroxylation is 6. The van der Waals surface area contributed by atoms with Crippen molar-refractivity contribution in [2.45, 2.75) is 170 Å². The summed E-state index contributed by atoms with van der Waals surface area (Å²) in [4.78, 5) is 24.9. The molecule has 0 aliphatic carbocycles. The number of rotatable bonds is 24. The molecule has 432 valence electrons. The molecule has 10 heterocycles. The summed E-state index contributed by atoms with van der Waals surface area (Å²) in [6.07, 6.45) is 25.7. The molecule has 0 N–H and O–H groups in total. The molecule has 0 radical (unpaired) electrons. The molecular weight excluding hydrogens is 1210 g/mol. The minimum Gasteiger partial charge on any atom is -0.146 e. The third-order valence-electron chi connectivity index (χ3n) is 14.1. The fourth-order valence-corrected chi connectivity index (χ4v) is 19.2. The molecule has 0 aliphatic heterocycles. The van der Waals surface area contributed by atoms with Crippen molar-refractivity contribution in [3.63, 3.8) is 0 Å². The maximum atomic E-state index is 3.66. The van der Waals surface area contributed by atoms with Gasteiger partial charge in [-0.3, -0.25) is 0 Å². The zero-order valence-corrected chi connectivity index (χ0v) is 57.8. The second-order valence-corrected chi connectivity index (χ2v) is 32.7. The van der Waals surface area contributed by atoms with Gasteiger partial charge in [-0.15, -0.1) is 113 Å². The highest BCUT2D eigenvalue weighted by atomic mass is 32.1. The summed E-state index contributed by atoms with van der Waals surface area (Å²) < 4.78 is 0. The van der Waals surface area contributed by atoms with Crippen LogP contribution in [-0.2, 0) is 25.7 Å². The molecule has 84 heavy (non-hydrogen) atoms. The van der Waals surface area contributed by atoms with Crippen LogP contribution in [0.4, 0.5) is 0 Å². The second-order valence-electron chi connectivity index (χ2n) is 21.2. The Hall–Kier alpha value is -4.76. The molecule has 0 aromatic carbocycles. The predicted molar refractivity (Wildman–Crippen MR) is 384 cm³/mol. The molecule has 10 aromatic heterocycles. The van der Waals surface area contributed by atoms with E-state index in [-0.39, 0.29) is 0 Å². The van der Waals surface area contributed by atoms with Crippen molar-refractivity contribution in [3.8, 4) is 86.4 Å². The van der Waals surface area contributed by atoms with Crippen molar-refractivity contribution in [1.82, 2.24) is 0 Å². The van der Waals surface area contributed by atoms with Gasteiger partial charge in [0.1, 0.15) is 0 Å². The fraction of sp³-hybridized carbons (Fsp3) is 0.351. The standard InChI is InChI=1S/C63H58S9.C11H18S/c1-5-8-11-14-17-47-30-36-56(65-47)59-39-33-51(68-59)24-21-45-42-54(28-26-50-23-20-44(4)64-50)71-62(45)63-46(22-25-52-34-40-60(69-52)57-37-31-48(66-57)18-15-12-9-6-2)43-55(72-63)29-27-53-35-41-61(70-53)58-38-32-49(67-58)19-16-13-10-7-3;1-3-4-5-6-7-11-9-8-10(2)12-11/h20,23,30-43H,5-19H2,1-4H3;8-9H,3-7H2,1-2H3. The minimum absolute atomic E-state index is 0.974. The van der Waals surface area contributed by atoms with E-state index in [0.29, 0.717) is 0 Å². The molecule has 0 spiro atoms. The Balaban J connectivity index is 0.000000629. The van der Waals surface area contributed by atoms with Crippen molar-refractivity contribution in [2.75, 3.05) is 0 Å². The van der Waals surface area contributed by atoms with E-state index in [0.717, 1.165) is 63.0 Å². The number of hydrogen-bond donors (Lipinski definition) is 0. The van der Waals surface area contributed by atoms with E-state index < -0.39 is 0 Å². The average molecular weight is 1290 g/mol. The van der Waals surface area contributed by atoms with E-state index >= 15 is 0 Å². The van der Waals surface area contributed by atoms with Gasteiger partial charge in [-0.05, 0) is 198 Å². The van der Waals surface area contributed by atoms with Crippen LogP contribution in [0.1, 0.15) is 200 Å². The highest BCUT2D eigenvalue weighted by molar-refractivity contribution is 7.24. The van der Waals surface area contributed by atoms with Gasteiger partial charge in [0.05, 0.1) is 39.0 Å². The molecule has 0 amide bonds. The first-order valence-corrected chi connectivity index (χ1v) is 38.4. The molecule has 0 aliphatic rings. The molecule has 0 unspecified atom stereocenters. The van der Waals surface area contributed by atoms with Crippen molar-refractivity contribution >= 4 is 113 Å². The van der Waals surface area contributed by atoms with E-state index in [1.807, 2.05) is 45.3 Å². The van der Waals surface area contributed by atoms with Crippen LogP contribution in [0.3, 0.4) is 0 Å². The Morgan fingerprint density at radius 1 is 0.250 bits per heavy atom. The van der Waals surface area contributed by atoms with Gasteiger partial charge in [-0.2, -0.15) is 0 Å². The summed E-state index contributed by atoms with van der Waals surface area (Å²) in [5, 5.41) is 0. The van der Waals surface area contributed by atoms with Crippen LogP contribution in [0.15, 0.2) is 109 Å². The summed E-state index contributed by atoms with van der Waals surface area (Å²) in [6.45, 7) is 13.4. The summed E-state index contributed by atoms with van der Waals surface area (Å²) >= 11 is 18.2. The molecule has 0 nitrogen and oxygen atoms in total. The topological polar surface area (TPSA) is 0 Å². The molecule has 0 saturated heterocycles. The van der Waals surface area contributed by atoms with Gasteiger partial charge < -0.3 is 0 Å². The van der Waals surface area contributed by atoms with Crippen LogP contribution in [0, 0.1) is 61.2 Å². The number of hydrogen-bond acceptors (Lipinski definition) is 10. The highest BCUT2D eigenvalue weighted by Crippen LogP contribution is 2.42. The lowest BCUT2D eigenvalue weighted by atomic mass is 10.1. The highest BCUT2D eigenvalue weighted by Gasteiger charge is 2.18. The van der Waals surface area contributed by atoms with Gasteiger partial charge in [0.2, 0.25) is 0 Å². The van der Waals surface area contributed by atoms with E-state index in [2.05, 4.69) is 198 Å². The summed E-state index contributed by atoms with van der Waals surface area (Å²) in [5.74, 6) is 28.6. The van der Waals surface area contributed by atoms with Crippen LogP contribution in [0.2, 0.25) is 0 Å². The lowest BCUT2D eigenvalue weighted by molar-refractivity contribution is 0.670. The normalized spacial score (nSPS) is 10.8. The Kier molecular flexibility index (Phi) is 25.8. The zero-order valence-electron chi connectivity index (χ0n) is 49.6. The van der Waals surface area contributed by atoms with Gasteiger partial charge in [-0.25, -0.2) is 0 Å². The van der Waals surface area contributed by atoms with Crippen LogP contribution in [0.25, 0.3) is 39.0 Å². The quantitative estimate of drug-likeness (QED) is 0.0418. The lowest BCUT2D eigenvalue weighted by Crippen LogP contribution is -1.80. The first kappa shape index (κ1) is 63.7. The third kappa shape index (κ3) is 19.6. The third-order valence-corrected chi connectivity index (χ3v) is 25.4. The van der Waals surface area contributed by atoms with Crippen LogP contribution in [0.5, 0.6) is 0 Å². The number of unbranched alkanes of at least 4 members (excludes halogenated alkanes) is 12. The Morgan fingerprint density at radius 3 is 0.881 bits per heavy atom. The van der Waals surface area contributed by atoms with E-state index in [1.54, 1.807) is 72.9 Å². The Bertz CT molecular complexity index is 3890. The molecule has 0 bridgehead atoms. The summed E-state index contributed by atoms with van der Waals surface area (Å²) in [5.41, 5.74) is 1.95. The van der Waals surface area contributed by atoms with Gasteiger partial charge in [0.15, 0.2) is 0 Å². The molecule has 10 rings (SSSR count). The van der Waals surface area contributed by atoms with Crippen molar-refractivity contribution < 1.29 is 0 Å². The van der Waals surface area contributed by atoms with E-state index in [1.165, 1.54) is 169 Å². The lowest BCUT2D eigenvalue weighted by Gasteiger charge is -1.96. The SMILES string of the molecule is CCCCCCc1ccc(-c2ccc(C#Cc3cc(C#Cc4ccc(-c5ccc(CCCCCC)s5)s4)c(-c4sc(C#Cc5ccc(C)s5)cc4C#Cc4ccc(-c5ccc(CCCCCC)s5)s4)s3)s2)s1.CCCCCCc1ccc(C)s1. The molecule has 10 heteroatoms. The molecule has 10 aromatic rings. The summed E-state index contributed by atoms with van der Waals surface area (Å²) in [7, 11) is 0. The Morgan fingerprint density at radius 2 is 0.536 bits per heavy atom. The minimum atomic E-state index is 0.974. The van der Waals surface area contributed by atoms with Gasteiger partial charge in [0.25, 0.3) is 0 Å². The smallest absolute Gasteiger partial charge is 0.0792 e. The molecule has 0 saturated carbocycles. The maximum absolute atomic E-state index is 3.66. The average Bonchev–Trinajstić information content (AvgIpc) is 4.26. The number of thiophene rings is 10. The van der Waals surface area contributed by atoms with Gasteiger partial charge in [-0.1, -0.05) is 128 Å². The first-order valence-electron chi connectivity index (χ1n) is 30.3. The monoisotopic (exact) mass is 1280 g/mol. The van der Waals surface area contributed by atoms with Crippen LogP contribution in [-0.4, -0.2) is 0 Å². The predicted octanol–water partition coefficient (Wildman–Crippen LogP) is 25.4. The first-order chi connectivity index (χ1) is 41.2. The van der Waals surface area contributed by atoms with Crippen molar-refractivity contribution in [2.24, 2.45) is 0 Å².